The van der Waals surface area contributed by atoms with Crippen LogP contribution in [0.25, 0.3) is 0 Å². The van der Waals surface area contributed by atoms with E-state index < -0.39 is 23.3 Å². The van der Waals surface area contributed by atoms with E-state index in [4.69, 9.17) is 23.2 Å². The molecule has 2 fully saturated rings. The topological polar surface area (TPSA) is 66.5 Å². The molecule has 1 aromatic carbocycles. The Labute approximate surface area is 124 Å². The summed E-state index contributed by atoms with van der Waals surface area (Å²) in [4.78, 5) is 37.1. The summed E-state index contributed by atoms with van der Waals surface area (Å²) in [5.41, 5.74) is -0.298. The zero-order valence-corrected chi connectivity index (χ0v) is 12.0. The maximum Gasteiger partial charge on any atom is 0.335 e. The number of hydrogen-bond donors (Lipinski definition) is 1. The number of hydrogen-bond acceptors (Lipinski definition) is 3. The molecule has 1 aliphatic carbocycles. The lowest BCUT2D eigenvalue weighted by molar-refractivity contribution is -0.136. The Balaban J connectivity index is 2.14. The number of carbonyl (C=O) groups is 3. The van der Waals surface area contributed by atoms with Gasteiger partial charge < -0.3 is 0 Å². The van der Waals surface area contributed by atoms with Crippen molar-refractivity contribution in [3.63, 3.8) is 0 Å². The smallest absolute Gasteiger partial charge is 0.276 e. The molecule has 1 saturated carbocycles. The minimum atomic E-state index is -1.12. The van der Waals surface area contributed by atoms with Crippen molar-refractivity contribution in [3.8, 4) is 0 Å². The Bertz CT molecular complexity index is 668. The first-order valence-electron chi connectivity index (χ1n) is 6.03. The molecular weight excluding hydrogens is 303 g/mol. The molecule has 7 heteroatoms. The van der Waals surface area contributed by atoms with E-state index in [2.05, 4.69) is 5.32 Å². The molecule has 1 N–H and O–H groups in total. The molecule has 2 aliphatic rings. The van der Waals surface area contributed by atoms with Crippen molar-refractivity contribution < 1.29 is 14.4 Å². The second kappa shape index (κ2) is 4.20. The third-order valence-corrected chi connectivity index (χ3v) is 4.49. The second-order valence-corrected chi connectivity index (χ2v) is 5.79. The van der Waals surface area contributed by atoms with Gasteiger partial charge in [-0.25, -0.2) is 9.69 Å². The number of nitrogens with zero attached hydrogens (tertiary/aromatic N) is 1. The Morgan fingerprint density at radius 3 is 2.45 bits per heavy atom. The Kier molecular flexibility index (Phi) is 2.81. The highest BCUT2D eigenvalue weighted by molar-refractivity contribution is 6.43. The summed E-state index contributed by atoms with van der Waals surface area (Å²) in [5.74, 6) is -1.09. The summed E-state index contributed by atoms with van der Waals surface area (Å²) >= 11 is 12.2. The first kappa shape index (κ1) is 13.4. The van der Waals surface area contributed by atoms with Gasteiger partial charge >= 0.3 is 6.03 Å². The van der Waals surface area contributed by atoms with Gasteiger partial charge in [0.15, 0.2) is 0 Å². The van der Waals surface area contributed by atoms with Gasteiger partial charge in [0.1, 0.15) is 5.41 Å². The summed E-state index contributed by atoms with van der Waals surface area (Å²) < 4.78 is 0. The lowest BCUT2D eigenvalue weighted by Crippen LogP contribution is -2.59. The van der Waals surface area contributed by atoms with E-state index in [1.54, 1.807) is 19.1 Å². The third kappa shape index (κ3) is 1.66. The molecule has 4 amide bonds. The maximum atomic E-state index is 12.5. The molecule has 0 atom stereocenters. The number of barbiturate groups is 1. The highest BCUT2D eigenvalue weighted by Gasteiger charge is 2.62. The van der Waals surface area contributed by atoms with Crippen LogP contribution in [-0.2, 0) is 9.59 Å². The molecule has 0 radical (unpaired) electrons. The number of nitrogens with one attached hydrogen (secondary N) is 1. The quantitative estimate of drug-likeness (QED) is 0.811. The third-order valence-electron chi connectivity index (χ3n) is 3.70. The van der Waals surface area contributed by atoms with E-state index in [9.17, 15) is 14.4 Å². The van der Waals surface area contributed by atoms with Crippen molar-refractivity contribution in [2.45, 2.75) is 19.8 Å². The van der Waals surface area contributed by atoms with Gasteiger partial charge in [-0.2, -0.15) is 0 Å². The highest BCUT2D eigenvalue weighted by Crippen LogP contribution is 2.51. The molecule has 20 heavy (non-hydrogen) atoms. The Hall–Kier alpha value is -1.59. The van der Waals surface area contributed by atoms with Crippen LogP contribution >= 0.6 is 23.2 Å². The molecule has 3 rings (SSSR count). The number of imide groups is 2. The van der Waals surface area contributed by atoms with Crippen LogP contribution in [-0.4, -0.2) is 17.8 Å². The first-order chi connectivity index (χ1) is 9.38. The highest BCUT2D eigenvalue weighted by atomic mass is 35.5. The predicted octanol–water partition coefficient (Wildman–Crippen LogP) is 2.66. The average Bonchev–Trinajstić information content (AvgIpc) is 3.18. The zero-order chi connectivity index (χ0) is 14.7. The normalized spacial score (nSPS) is 20.4. The largest absolute Gasteiger partial charge is 0.335 e. The fourth-order valence-electron chi connectivity index (χ4n) is 2.29. The van der Waals surface area contributed by atoms with Crippen molar-refractivity contribution in [3.05, 3.63) is 27.7 Å². The summed E-state index contributed by atoms with van der Waals surface area (Å²) in [6, 6.07) is 2.44. The van der Waals surface area contributed by atoms with Crippen LogP contribution in [0.1, 0.15) is 18.4 Å². The summed E-state index contributed by atoms with van der Waals surface area (Å²) in [6.07, 6.45) is 0.866. The molecule has 1 heterocycles. The van der Waals surface area contributed by atoms with Crippen molar-refractivity contribution in [2.75, 3.05) is 4.90 Å². The fraction of sp³-hybridized carbons (Fsp3) is 0.308. The van der Waals surface area contributed by atoms with Gasteiger partial charge in [-0.1, -0.05) is 29.3 Å². The summed E-state index contributed by atoms with van der Waals surface area (Å²) in [5, 5.41) is 2.61. The number of anilines is 1. The van der Waals surface area contributed by atoms with E-state index in [0.717, 1.165) is 4.90 Å². The standard InChI is InChI=1S/C13H10Cl2N2O3/c1-6-2-3-7(14)9(8(6)15)17-11(19)13(4-5-13)10(18)16-12(17)20/h2-3H,4-5H2,1H3,(H,16,18,20). The van der Waals surface area contributed by atoms with E-state index in [1.807, 2.05) is 0 Å². The Morgan fingerprint density at radius 1 is 1.20 bits per heavy atom. The molecule has 0 bridgehead atoms. The van der Waals surface area contributed by atoms with E-state index >= 15 is 0 Å². The zero-order valence-electron chi connectivity index (χ0n) is 10.5. The first-order valence-corrected chi connectivity index (χ1v) is 6.78. The molecule has 0 unspecified atom stereocenters. The van der Waals surface area contributed by atoms with Gasteiger partial charge in [-0.05, 0) is 31.4 Å². The summed E-state index contributed by atoms with van der Waals surface area (Å²) in [6.45, 7) is 1.74. The fourth-order valence-corrected chi connectivity index (χ4v) is 2.83. The van der Waals surface area contributed by atoms with Gasteiger partial charge in [0.2, 0.25) is 5.91 Å². The van der Waals surface area contributed by atoms with Crippen molar-refractivity contribution in [2.24, 2.45) is 5.41 Å². The number of halogens is 2. The molecule has 1 aromatic rings. The van der Waals surface area contributed by atoms with E-state index in [1.165, 1.54) is 0 Å². The number of carbonyl (C=O) groups excluding carboxylic acids is 3. The number of amides is 4. The minimum absolute atomic E-state index is 0.134. The number of benzene rings is 1. The maximum absolute atomic E-state index is 12.5. The SMILES string of the molecule is Cc1ccc(Cl)c(N2C(=O)NC(=O)C3(CC3)C2=O)c1Cl. The molecule has 0 aromatic heterocycles. The number of rotatable bonds is 1. The van der Waals surface area contributed by atoms with Crippen LogP contribution in [0.2, 0.25) is 10.0 Å². The van der Waals surface area contributed by atoms with Gasteiger partial charge in [-0.15, -0.1) is 0 Å². The molecule has 1 spiro atoms. The van der Waals surface area contributed by atoms with Gasteiger partial charge in [0, 0.05) is 0 Å². The minimum Gasteiger partial charge on any atom is -0.276 e. The van der Waals surface area contributed by atoms with Gasteiger partial charge in [0.05, 0.1) is 15.7 Å². The molecule has 1 saturated heterocycles. The van der Waals surface area contributed by atoms with Crippen LogP contribution < -0.4 is 10.2 Å². The number of urea groups is 1. The monoisotopic (exact) mass is 312 g/mol. The van der Waals surface area contributed by atoms with Crippen molar-refractivity contribution in [1.82, 2.24) is 5.32 Å². The van der Waals surface area contributed by atoms with E-state index in [0.29, 0.717) is 18.4 Å². The molecular formula is C13H10Cl2N2O3. The predicted molar refractivity (Wildman–Crippen MR) is 73.9 cm³/mol. The average molecular weight is 313 g/mol. The van der Waals surface area contributed by atoms with Gasteiger partial charge in [-0.3, -0.25) is 14.9 Å². The lowest BCUT2D eigenvalue weighted by Gasteiger charge is -2.31. The van der Waals surface area contributed by atoms with E-state index in [-0.39, 0.29) is 15.7 Å². The second-order valence-electron chi connectivity index (χ2n) is 5.01. The van der Waals surface area contributed by atoms with Crippen molar-refractivity contribution in [1.29, 1.82) is 0 Å². The number of aryl methyl sites for hydroxylation is 1. The van der Waals surface area contributed by atoms with Crippen LogP contribution in [0.5, 0.6) is 0 Å². The Morgan fingerprint density at radius 2 is 1.85 bits per heavy atom. The summed E-state index contributed by atoms with van der Waals surface area (Å²) in [7, 11) is 0. The van der Waals surface area contributed by atoms with Gasteiger partial charge in [0.25, 0.3) is 5.91 Å². The van der Waals surface area contributed by atoms with Crippen LogP contribution in [0, 0.1) is 12.3 Å². The molecule has 104 valence electrons. The lowest BCUT2D eigenvalue weighted by atomic mass is 10.0. The van der Waals surface area contributed by atoms with Crippen LogP contribution in [0.4, 0.5) is 10.5 Å². The van der Waals surface area contributed by atoms with Crippen molar-refractivity contribution >= 4 is 46.7 Å². The van der Waals surface area contributed by atoms with Crippen LogP contribution in [0.15, 0.2) is 12.1 Å². The molecule has 1 aliphatic heterocycles. The van der Waals surface area contributed by atoms with Crippen LogP contribution in [0.3, 0.4) is 0 Å². The molecule has 5 nitrogen and oxygen atoms in total.